The van der Waals surface area contributed by atoms with Crippen LogP contribution in [0, 0.1) is 0 Å². The number of benzene rings is 2. The van der Waals surface area contributed by atoms with E-state index in [9.17, 15) is 18.0 Å². The molecule has 0 unspecified atom stereocenters. The lowest BCUT2D eigenvalue weighted by Crippen LogP contribution is -2.15. The minimum atomic E-state index is -4.57. The fourth-order valence-corrected chi connectivity index (χ4v) is 2.85. The van der Waals surface area contributed by atoms with Gasteiger partial charge >= 0.3 is 6.18 Å². The van der Waals surface area contributed by atoms with Crippen LogP contribution in [-0.4, -0.2) is 25.2 Å². The van der Waals surface area contributed by atoms with Gasteiger partial charge in [-0.3, -0.25) is 4.79 Å². The predicted octanol–water partition coefficient (Wildman–Crippen LogP) is 5.27. The summed E-state index contributed by atoms with van der Waals surface area (Å²) in [6.07, 6.45) is -4.57. The maximum Gasteiger partial charge on any atom is 0.416 e. The number of halogens is 4. The van der Waals surface area contributed by atoms with Crippen LogP contribution in [0.2, 0.25) is 0 Å². The molecule has 0 fully saturated rings. The third-order valence-electron chi connectivity index (χ3n) is 3.91. The van der Waals surface area contributed by atoms with Crippen molar-refractivity contribution in [1.82, 2.24) is 0 Å². The fraction of sp³-hybridized carbons (Fsp3) is 0.250. The van der Waals surface area contributed by atoms with E-state index in [-0.39, 0.29) is 35.7 Å². The smallest absolute Gasteiger partial charge is 0.416 e. The van der Waals surface area contributed by atoms with Gasteiger partial charge < -0.3 is 13.9 Å². The van der Waals surface area contributed by atoms with Gasteiger partial charge in [-0.25, -0.2) is 0 Å². The van der Waals surface area contributed by atoms with Crippen LogP contribution in [0.25, 0.3) is 22.3 Å². The van der Waals surface area contributed by atoms with Crippen LogP contribution >= 0.6 is 15.9 Å². The lowest BCUT2D eigenvalue weighted by atomic mass is 10.1. The molecule has 0 aliphatic carbocycles. The van der Waals surface area contributed by atoms with Gasteiger partial charge in [-0.15, -0.1) is 0 Å². The van der Waals surface area contributed by atoms with E-state index in [1.165, 1.54) is 0 Å². The maximum atomic E-state index is 13.0. The molecule has 0 bridgehead atoms. The Morgan fingerprint density at radius 3 is 2.43 bits per heavy atom. The summed E-state index contributed by atoms with van der Waals surface area (Å²) in [5.74, 6) is 0.0267. The number of rotatable bonds is 7. The van der Waals surface area contributed by atoms with Crippen LogP contribution < -0.4 is 10.2 Å². The van der Waals surface area contributed by atoms with Gasteiger partial charge in [0, 0.05) is 10.9 Å². The molecule has 3 rings (SSSR count). The average molecular weight is 457 g/mol. The minimum Gasteiger partial charge on any atom is -0.484 e. The molecule has 0 radical (unpaired) electrons. The highest BCUT2D eigenvalue weighted by atomic mass is 79.9. The second kappa shape index (κ2) is 8.79. The summed E-state index contributed by atoms with van der Waals surface area (Å²) in [5.41, 5.74) is -0.949. The van der Waals surface area contributed by atoms with E-state index in [4.69, 9.17) is 13.9 Å². The summed E-state index contributed by atoms with van der Waals surface area (Å²) >= 11 is 3.23. The van der Waals surface area contributed by atoms with E-state index in [0.29, 0.717) is 17.5 Å². The molecule has 0 saturated carbocycles. The van der Waals surface area contributed by atoms with Crippen molar-refractivity contribution in [3.63, 3.8) is 0 Å². The Labute approximate surface area is 167 Å². The standard InChI is InChI=1S/C20H16BrF3O4/c21-8-9-26-10-11-27-19-17(25)15-12-14(20(22,23)24)6-7-16(15)28-18(19)13-4-2-1-3-5-13/h1-7,12H,8-11H2. The molecule has 3 aromatic rings. The highest BCUT2D eigenvalue weighted by Crippen LogP contribution is 2.34. The molecule has 0 aliphatic heterocycles. The van der Waals surface area contributed by atoms with E-state index in [1.54, 1.807) is 30.3 Å². The molecule has 0 N–H and O–H groups in total. The van der Waals surface area contributed by atoms with E-state index >= 15 is 0 Å². The number of hydrogen-bond donors (Lipinski definition) is 0. The number of hydrogen-bond acceptors (Lipinski definition) is 4. The van der Waals surface area contributed by atoms with Crippen LogP contribution in [0.4, 0.5) is 13.2 Å². The summed E-state index contributed by atoms with van der Waals surface area (Å²) in [6.45, 7) is 0.748. The third kappa shape index (κ3) is 4.56. The Hall–Kier alpha value is -2.32. The van der Waals surface area contributed by atoms with Gasteiger partial charge in [-0.05, 0) is 18.2 Å². The molecule has 148 valence electrons. The van der Waals surface area contributed by atoms with Crippen molar-refractivity contribution < 1.29 is 27.1 Å². The Bertz CT molecular complexity index is 1000. The lowest BCUT2D eigenvalue weighted by molar-refractivity contribution is -0.137. The SMILES string of the molecule is O=c1c(OCCOCCBr)c(-c2ccccc2)oc2ccc(C(F)(F)F)cc12. The Balaban J connectivity index is 2.09. The molecular formula is C20H16BrF3O4. The van der Waals surface area contributed by atoms with Crippen molar-refractivity contribution >= 4 is 26.9 Å². The zero-order valence-corrected chi connectivity index (χ0v) is 16.2. The molecule has 4 nitrogen and oxygen atoms in total. The normalized spacial score (nSPS) is 11.7. The first-order valence-corrected chi connectivity index (χ1v) is 9.54. The molecule has 0 atom stereocenters. The van der Waals surface area contributed by atoms with Crippen molar-refractivity contribution in [2.75, 3.05) is 25.2 Å². The second-order valence-electron chi connectivity index (χ2n) is 5.81. The van der Waals surface area contributed by atoms with Crippen LogP contribution in [0.3, 0.4) is 0 Å². The van der Waals surface area contributed by atoms with Crippen molar-refractivity contribution in [3.05, 3.63) is 64.3 Å². The average Bonchev–Trinajstić information content (AvgIpc) is 2.68. The topological polar surface area (TPSA) is 48.7 Å². The number of fused-ring (bicyclic) bond motifs is 1. The van der Waals surface area contributed by atoms with Crippen LogP contribution in [-0.2, 0) is 10.9 Å². The number of alkyl halides is 4. The van der Waals surface area contributed by atoms with E-state index in [2.05, 4.69) is 15.9 Å². The van der Waals surface area contributed by atoms with Crippen molar-refractivity contribution in [3.8, 4) is 17.1 Å². The Kier molecular flexibility index (Phi) is 6.41. The van der Waals surface area contributed by atoms with Gasteiger partial charge in [0.05, 0.1) is 24.2 Å². The van der Waals surface area contributed by atoms with Crippen LogP contribution in [0.5, 0.6) is 5.75 Å². The van der Waals surface area contributed by atoms with Crippen LogP contribution in [0.15, 0.2) is 57.7 Å². The lowest BCUT2D eigenvalue weighted by Gasteiger charge is -2.13. The second-order valence-corrected chi connectivity index (χ2v) is 6.61. The quantitative estimate of drug-likeness (QED) is 0.359. The van der Waals surface area contributed by atoms with E-state index in [1.807, 2.05) is 0 Å². The van der Waals surface area contributed by atoms with Crippen molar-refractivity contribution in [1.29, 1.82) is 0 Å². The summed E-state index contributed by atoms with van der Waals surface area (Å²) in [5, 5.41) is 0.464. The molecule has 2 aromatic carbocycles. The monoisotopic (exact) mass is 456 g/mol. The van der Waals surface area contributed by atoms with Gasteiger partial charge in [0.2, 0.25) is 11.2 Å². The van der Waals surface area contributed by atoms with Crippen molar-refractivity contribution in [2.24, 2.45) is 0 Å². The zero-order valence-electron chi connectivity index (χ0n) is 14.6. The molecule has 1 aromatic heterocycles. The molecule has 1 heterocycles. The van der Waals surface area contributed by atoms with E-state index in [0.717, 1.165) is 18.2 Å². The molecule has 0 amide bonds. The van der Waals surface area contributed by atoms with E-state index < -0.39 is 17.2 Å². The Morgan fingerprint density at radius 1 is 1.00 bits per heavy atom. The van der Waals surface area contributed by atoms with Crippen molar-refractivity contribution in [2.45, 2.75) is 6.18 Å². The highest BCUT2D eigenvalue weighted by Gasteiger charge is 2.31. The first-order valence-electron chi connectivity index (χ1n) is 8.42. The fourth-order valence-electron chi connectivity index (χ4n) is 2.62. The summed E-state index contributed by atoms with van der Waals surface area (Å²) in [4.78, 5) is 12.9. The summed E-state index contributed by atoms with van der Waals surface area (Å²) in [6, 6.07) is 11.6. The molecule has 8 heteroatoms. The molecular weight excluding hydrogens is 441 g/mol. The largest absolute Gasteiger partial charge is 0.484 e. The Morgan fingerprint density at radius 2 is 1.75 bits per heavy atom. The minimum absolute atomic E-state index is 0.0553. The molecule has 28 heavy (non-hydrogen) atoms. The van der Waals surface area contributed by atoms with Gasteiger partial charge in [-0.1, -0.05) is 46.3 Å². The van der Waals surface area contributed by atoms with Gasteiger partial charge in [-0.2, -0.15) is 13.2 Å². The molecule has 0 aliphatic rings. The predicted molar refractivity (Wildman–Crippen MR) is 103 cm³/mol. The third-order valence-corrected chi connectivity index (χ3v) is 4.23. The molecule has 0 spiro atoms. The zero-order chi connectivity index (χ0) is 20.1. The maximum absolute atomic E-state index is 13.0. The van der Waals surface area contributed by atoms with Gasteiger partial charge in [0.15, 0.2) is 5.76 Å². The van der Waals surface area contributed by atoms with Gasteiger partial charge in [0.25, 0.3) is 0 Å². The number of ether oxygens (including phenoxy) is 2. The summed E-state index contributed by atoms with van der Waals surface area (Å²) in [7, 11) is 0. The molecule has 0 saturated heterocycles. The van der Waals surface area contributed by atoms with Gasteiger partial charge in [0.1, 0.15) is 12.2 Å². The first-order chi connectivity index (χ1) is 13.4. The first kappa shape index (κ1) is 20.4. The summed E-state index contributed by atoms with van der Waals surface area (Å²) < 4.78 is 55.7. The highest BCUT2D eigenvalue weighted by molar-refractivity contribution is 9.09. The van der Waals surface area contributed by atoms with Crippen LogP contribution in [0.1, 0.15) is 5.56 Å².